The first-order valence-corrected chi connectivity index (χ1v) is 9.45. The summed E-state index contributed by atoms with van der Waals surface area (Å²) in [4.78, 5) is 11.1. The first-order valence-electron chi connectivity index (χ1n) is 9.45. The molecule has 0 aliphatic rings. The Morgan fingerprint density at radius 3 is 2.38 bits per heavy atom. The lowest BCUT2D eigenvalue weighted by Crippen LogP contribution is -2.07. The fourth-order valence-electron chi connectivity index (χ4n) is 3.47. The number of aliphatic hydroxyl groups is 1. The number of aromatic nitrogens is 1. The Bertz CT molecular complexity index is 1340. The largest absolute Gasteiger partial charge is 0.457 e. The molecule has 32 heavy (non-hydrogen) atoms. The number of nitriles is 1. The number of fused-ring (bicyclic) bond motifs is 1. The lowest BCUT2D eigenvalue weighted by molar-refractivity contribution is -0.137. The summed E-state index contributed by atoms with van der Waals surface area (Å²) >= 11 is 0. The van der Waals surface area contributed by atoms with Crippen LogP contribution in [-0.2, 0) is 11.0 Å². The second-order valence-corrected chi connectivity index (χ2v) is 6.97. The van der Waals surface area contributed by atoms with E-state index in [0.717, 1.165) is 34.8 Å². The van der Waals surface area contributed by atoms with Crippen LogP contribution in [0.25, 0.3) is 16.6 Å². The fraction of sp³-hybridized carbons (Fsp3) is 0.0833. The van der Waals surface area contributed by atoms with E-state index < -0.39 is 23.4 Å². The Morgan fingerprint density at radius 1 is 1.03 bits per heavy atom. The van der Waals surface area contributed by atoms with Crippen molar-refractivity contribution < 1.29 is 27.8 Å². The van der Waals surface area contributed by atoms with Gasteiger partial charge in [0.1, 0.15) is 17.6 Å². The van der Waals surface area contributed by atoms with Gasteiger partial charge in [-0.15, -0.1) is 0 Å². The van der Waals surface area contributed by atoms with Crippen LogP contribution in [0.1, 0.15) is 22.8 Å². The molecule has 8 heteroatoms. The number of aliphatic hydroxyl groups excluding tert-OH is 1. The number of hydrogen-bond donors (Lipinski definition) is 1. The van der Waals surface area contributed by atoms with E-state index in [4.69, 9.17) is 10.00 Å². The van der Waals surface area contributed by atoms with Crippen LogP contribution in [0.15, 0.2) is 72.9 Å². The molecule has 0 saturated heterocycles. The number of alkyl halides is 3. The van der Waals surface area contributed by atoms with E-state index in [1.165, 1.54) is 0 Å². The molecule has 0 radical (unpaired) electrons. The number of hydrogen-bond acceptors (Lipinski definition) is 4. The number of halogens is 3. The van der Waals surface area contributed by atoms with Crippen molar-refractivity contribution in [1.29, 1.82) is 5.26 Å². The second-order valence-electron chi connectivity index (χ2n) is 6.97. The number of nitrogens with zero attached hydrogens (tertiary/aromatic N) is 2. The third-order valence-electron chi connectivity index (χ3n) is 4.96. The van der Waals surface area contributed by atoms with E-state index >= 15 is 0 Å². The molecule has 0 amide bonds. The lowest BCUT2D eigenvalue weighted by Gasteiger charge is -2.12. The Hall–Kier alpha value is -4.09. The SMILES string of the molecule is N#Cc1cc(Oc2ccc(-n3cc(C(O)C=O)c4ccccc43)cc2)ccc1C(F)(F)F. The van der Waals surface area contributed by atoms with E-state index in [-0.39, 0.29) is 5.75 Å². The van der Waals surface area contributed by atoms with Gasteiger partial charge in [0, 0.05) is 22.8 Å². The molecule has 1 heterocycles. The molecule has 0 aliphatic heterocycles. The summed E-state index contributed by atoms with van der Waals surface area (Å²) in [5.74, 6) is 0.465. The first kappa shape index (κ1) is 21.2. The van der Waals surface area contributed by atoms with Gasteiger partial charge in [-0.3, -0.25) is 0 Å². The van der Waals surface area contributed by atoms with Crippen LogP contribution in [0, 0.1) is 11.3 Å². The second kappa shape index (κ2) is 8.21. The molecular weight excluding hydrogens is 421 g/mol. The van der Waals surface area contributed by atoms with Gasteiger partial charge in [-0.05, 0) is 48.5 Å². The standard InChI is InChI=1S/C24H15F3N2O3/c25-24(26,27)21-10-9-18(11-15(21)12-28)32-17-7-5-16(6-8-17)29-13-20(23(31)14-30)19-3-1-2-4-22(19)29/h1-11,13-14,23,31H. The molecule has 0 spiro atoms. The third-order valence-corrected chi connectivity index (χ3v) is 4.96. The Balaban J connectivity index is 1.64. The van der Waals surface area contributed by atoms with Crippen molar-refractivity contribution in [2.45, 2.75) is 12.3 Å². The van der Waals surface area contributed by atoms with Gasteiger partial charge in [0.15, 0.2) is 6.29 Å². The summed E-state index contributed by atoms with van der Waals surface area (Å²) in [6, 6.07) is 18.6. The van der Waals surface area contributed by atoms with E-state index in [0.29, 0.717) is 17.6 Å². The number of carbonyl (C=O) groups is 1. The van der Waals surface area contributed by atoms with Gasteiger partial charge in [-0.2, -0.15) is 18.4 Å². The van der Waals surface area contributed by atoms with E-state index in [1.807, 2.05) is 28.8 Å². The van der Waals surface area contributed by atoms with Gasteiger partial charge in [0.05, 0.1) is 22.7 Å². The van der Waals surface area contributed by atoms with Crippen molar-refractivity contribution in [3.05, 3.63) is 89.6 Å². The van der Waals surface area contributed by atoms with Crippen molar-refractivity contribution in [2.24, 2.45) is 0 Å². The molecular formula is C24H15F3N2O3. The highest BCUT2D eigenvalue weighted by molar-refractivity contribution is 5.88. The molecule has 4 rings (SSSR count). The molecule has 0 bridgehead atoms. The normalized spacial score (nSPS) is 12.3. The zero-order valence-corrected chi connectivity index (χ0v) is 16.4. The van der Waals surface area contributed by atoms with Crippen molar-refractivity contribution in [1.82, 2.24) is 4.57 Å². The minimum atomic E-state index is -4.62. The van der Waals surface area contributed by atoms with Gasteiger partial charge >= 0.3 is 6.18 Å². The molecule has 1 N–H and O–H groups in total. The van der Waals surface area contributed by atoms with Crippen molar-refractivity contribution in [3.63, 3.8) is 0 Å². The molecule has 0 aliphatic carbocycles. The maximum absolute atomic E-state index is 13.0. The van der Waals surface area contributed by atoms with Crippen LogP contribution in [-0.4, -0.2) is 16.0 Å². The molecule has 5 nitrogen and oxygen atoms in total. The maximum Gasteiger partial charge on any atom is 0.417 e. The topological polar surface area (TPSA) is 75.2 Å². The summed E-state index contributed by atoms with van der Waals surface area (Å²) in [5, 5.41) is 19.8. The van der Waals surface area contributed by atoms with Crippen molar-refractivity contribution >= 4 is 17.2 Å². The van der Waals surface area contributed by atoms with Crippen LogP contribution in [0.2, 0.25) is 0 Å². The molecule has 3 aromatic carbocycles. The van der Waals surface area contributed by atoms with Gasteiger partial charge in [-0.1, -0.05) is 18.2 Å². The summed E-state index contributed by atoms with van der Waals surface area (Å²) in [5.41, 5.74) is 0.452. The Kier molecular flexibility index (Phi) is 5.43. The molecule has 160 valence electrons. The van der Waals surface area contributed by atoms with Gasteiger partial charge in [-0.25, -0.2) is 0 Å². The molecule has 0 fully saturated rings. The summed E-state index contributed by atoms with van der Waals surface area (Å²) < 4.78 is 46.3. The minimum absolute atomic E-state index is 0.102. The highest BCUT2D eigenvalue weighted by Gasteiger charge is 2.33. The van der Waals surface area contributed by atoms with E-state index in [2.05, 4.69) is 0 Å². The monoisotopic (exact) mass is 436 g/mol. The maximum atomic E-state index is 13.0. The number of carbonyl (C=O) groups excluding carboxylic acids is 1. The highest BCUT2D eigenvalue weighted by Crippen LogP contribution is 2.35. The van der Waals surface area contributed by atoms with Crippen molar-refractivity contribution in [2.75, 3.05) is 0 Å². The quantitative estimate of drug-likeness (QED) is 0.417. The summed E-state index contributed by atoms with van der Waals surface area (Å²) in [6.07, 6.45) is -3.74. The predicted molar refractivity (Wildman–Crippen MR) is 111 cm³/mol. The Morgan fingerprint density at radius 2 is 1.72 bits per heavy atom. The average molecular weight is 436 g/mol. The minimum Gasteiger partial charge on any atom is -0.457 e. The lowest BCUT2D eigenvalue weighted by atomic mass is 10.1. The summed E-state index contributed by atoms with van der Waals surface area (Å²) in [6.45, 7) is 0. The summed E-state index contributed by atoms with van der Waals surface area (Å²) in [7, 11) is 0. The van der Waals surface area contributed by atoms with Crippen LogP contribution in [0.5, 0.6) is 11.5 Å². The fourth-order valence-corrected chi connectivity index (χ4v) is 3.47. The molecule has 1 unspecified atom stereocenters. The smallest absolute Gasteiger partial charge is 0.417 e. The zero-order valence-electron chi connectivity index (χ0n) is 16.4. The molecule has 4 aromatic rings. The number of rotatable bonds is 5. The number of benzene rings is 3. The van der Waals surface area contributed by atoms with E-state index in [9.17, 15) is 23.1 Å². The van der Waals surface area contributed by atoms with Gasteiger partial charge < -0.3 is 19.2 Å². The van der Waals surface area contributed by atoms with Gasteiger partial charge in [0.2, 0.25) is 0 Å². The number of para-hydroxylation sites is 1. The van der Waals surface area contributed by atoms with E-state index in [1.54, 1.807) is 36.5 Å². The third kappa shape index (κ3) is 3.94. The number of ether oxygens (including phenoxy) is 1. The molecule has 0 saturated carbocycles. The first-order chi connectivity index (χ1) is 15.3. The molecule has 1 aromatic heterocycles. The zero-order chi connectivity index (χ0) is 22.9. The Labute approximate surface area is 180 Å². The van der Waals surface area contributed by atoms with Crippen LogP contribution >= 0.6 is 0 Å². The highest BCUT2D eigenvalue weighted by atomic mass is 19.4. The van der Waals surface area contributed by atoms with Crippen LogP contribution in [0.4, 0.5) is 13.2 Å². The number of aldehydes is 1. The average Bonchev–Trinajstić information content (AvgIpc) is 3.18. The van der Waals surface area contributed by atoms with Crippen molar-refractivity contribution in [3.8, 4) is 23.3 Å². The van der Waals surface area contributed by atoms with Crippen LogP contribution < -0.4 is 4.74 Å². The molecule has 1 atom stereocenters. The predicted octanol–water partition coefficient (Wildman–Crippen LogP) is 5.55. The van der Waals surface area contributed by atoms with Crippen LogP contribution in [0.3, 0.4) is 0 Å². The van der Waals surface area contributed by atoms with Gasteiger partial charge in [0.25, 0.3) is 0 Å².